The Balaban J connectivity index is 2.97. The number of para-hydroxylation sites is 1. The van der Waals surface area contributed by atoms with Gasteiger partial charge in [0, 0.05) is 20.6 Å². The quantitative estimate of drug-likeness (QED) is 0.289. The first-order valence-corrected chi connectivity index (χ1v) is 7.84. The molecule has 1 aromatic carbocycles. The number of carbonyl (C=O) groups is 1. The summed E-state index contributed by atoms with van der Waals surface area (Å²) >= 11 is 0. The number of ether oxygens (including phenoxy) is 3. The molecule has 0 aliphatic rings. The second kappa shape index (κ2) is 9.37. The Kier molecular flexibility index (Phi) is 7.85. The molecule has 130 valence electrons. The van der Waals surface area contributed by atoms with E-state index in [0.717, 1.165) is 25.7 Å². The van der Waals surface area contributed by atoms with Gasteiger partial charge in [-0.25, -0.2) is 4.79 Å². The molecule has 1 rings (SSSR count). The molecular formula is C17H26O6. The summed E-state index contributed by atoms with van der Waals surface area (Å²) in [5.41, 5.74) is 0.358. The Morgan fingerprint density at radius 1 is 1.13 bits per heavy atom. The second-order valence-electron chi connectivity index (χ2n) is 5.35. The molecule has 2 N–H and O–H groups in total. The molecule has 0 bridgehead atoms. The summed E-state index contributed by atoms with van der Waals surface area (Å²) in [5.74, 6) is -1.56. The molecule has 0 heterocycles. The summed E-state index contributed by atoms with van der Waals surface area (Å²) in [6, 6.07) is 4.62. The lowest BCUT2D eigenvalue weighted by Gasteiger charge is -2.32. The molecular weight excluding hydrogens is 300 g/mol. The van der Waals surface area contributed by atoms with E-state index in [1.807, 2.05) is 0 Å². The minimum Gasteiger partial charge on any atom is -0.504 e. The molecule has 1 aromatic rings. The zero-order chi connectivity index (χ0) is 17.3. The van der Waals surface area contributed by atoms with E-state index in [1.54, 1.807) is 12.1 Å². The first kappa shape index (κ1) is 19.3. The first-order chi connectivity index (χ1) is 11.0. The van der Waals surface area contributed by atoms with Gasteiger partial charge in [0.15, 0.2) is 17.3 Å². The third-order valence-corrected chi connectivity index (χ3v) is 3.88. The number of rotatable bonds is 10. The normalized spacial score (nSPS) is 11.4. The van der Waals surface area contributed by atoms with Gasteiger partial charge in [-0.2, -0.15) is 0 Å². The van der Waals surface area contributed by atoms with Crippen LogP contribution in [0.2, 0.25) is 0 Å². The third kappa shape index (κ3) is 5.11. The maximum atomic E-state index is 10.7. The number of phenols is 1. The Labute approximate surface area is 137 Å². The maximum Gasteiger partial charge on any atom is 0.511 e. The number of carboxylic acid groups (broad SMARTS) is 1. The molecule has 0 fully saturated rings. The third-order valence-electron chi connectivity index (χ3n) is 3.88. The van der Waals surface area contributed by atoms with E-state index in [-0.39, 0.29) is 11.5 Å². The van der Waals surface area contributed by atoms with Crippen LogP contribution in [0.4, 0.5) is 4.79 Å². The first-order valence-electron chi connectivity index (χ1n) is 7.84. The maximum absolute atomic E-state index is 10.7. The molecule has 0 aromatic heterocycles. The van der Waals surface area contributed by atoms with Crippen LogP contribution in [0.15, 0.2) is 18.2 Å². The molecule has 6 heteroatoms. The standard InChI is InChI=1S/C17H26O6/c1-4-5-6-7-8-12-17(21-2,22-3)13-10-9-11-14(15(13)18)23-16(19)20/h9-11,18H,4-8,12H2,1-3H3,(H,19,20). The van der Waals surface area contributed by atoms with E-state index < -0.39 is 11.9 Å². The summed E-state index contributed by atoms with van der Waals surface area (Å²) < 4.78 is 15.7. The molecule has 0 radical (unpaired) electrons. The van der Waals surface area contributed by atoms with E-state index in [1.165, 1.54) is 26.7 Å². The highest BCUT2D eigenvalue weighted by atomic mass is 16.7. The van der Waals surface area contributed by atoms with Crippen molar-refractivity contribution < 1.29 is 29.2 Å². The van der Waals surface area contributed by atoms with Crippen molar-refractivity contribution in [1.82, 2.24) is 0 Å². The Morgan fingerprint density at radius 2 is 1.78 bits per heavy atom. The van der Waals surface area contributed by atoms with E-state index in [9.17, 15) is 9.90 Å². The van der Waals surface area contributed by atoms with Crippen LogP contribution in [0.1, 0.15) is 51.0 Å². The number of methoxy groups -OCH3 is 2. The number of aromatic hydroxyl groups is 1. The summed E-state index contributed by atoms with van der Waals surface area (Å²) in [5, 5.41) is 19.1. The number of hydrogen-bond donors (Lipinski definition) is 2. The average molecular weight is 326 g/mol. The van der Waals surface area contributed by atoms with Gasteiger partial charge in [-0.3, -0.25) is 0 Å². The van der Waals surface area contributed by atoms with Crippen molar-refractivity contribution in [1.29, 1.82) is 0 Å². The topological polar surface area (TPSA) is 85.2 Å². The molecule has 0 saturated heterocycles. The monoisotopic (exact) mass is 326 g/mol. The molecule has 0 unspecified atom stereocenters. The fourth-order valence-corrected chi connectivity index (χ4v) is 2.61. The van der Waals surface area contributed by atoms with Gasteiger partial charge in [0.05, 0.1) is 5.56 Å². The van der Waals surface area contributed by atoms with Gasteiger partial charge in [0.1, 0.15) is 0 Å². The highest BCUT2D eigenvalue weighted by molar-refractivity contribution is 5.63. The lowest BCUT2D eigenvalue weighted by Crippen LogP contribution is -2.31. The SMILES string of the molecule is CCCCCCCC(OC)(OC)c1cccc(OC(=O)O)c1O. The van der Waals surface area contributed by atoms with Crippen molar-refractivity contribution in [3.05, 3.63) is 23.8 Å². The molecule has 0 atom stereocenters. The minimum atomic E-state index is -1.49. The van der Waals surface area contributed by atoms with Gasteiger partial charge in [0.25, 0.3) is 0 Å². The average Bonchev–Trinajstić information content (AvgIpc) is 2.53. The lowest BCUT2D eigenvalue weighted by molar-refractivity contribution is -0.221. The van der Waals surface area contributed by atoms with Gasteiger partial charge >= 0.3 is 6.16 Å². The fraction of sp³-hybridized carbons (Fsp3) is 0.588. The van der Waals surface area contributed by atoms with Gasteiger partial charge < -0.3 is 24.4 Å². The van der Waals surface area contributed by atoms with Gasteiger partial charge in [-0.05, 0) is 18.6 Å². The van der Waals surface area contributed by atoms with Crippen molar-refractivity contribution in [3.8, 4) is 11.5 Å². The largest absolute Gasteiger partial charge is 0.511 e. The molecule has 0 aliphatic carbocycles. The Bertz CT molecular complexity index is 496. The minimum absolute atomic E-state index is 0.139. The van der Waals surface area contributed by atoms with E-state index in [4.69, 9.17) is 14.6 Å². The van der Waals surface area contributed by atoms with Crippen LogP contribution in [-0.4, -0.2) is 30.6 Å². The van der Waals surface area contributed by atoms with Crippen LogP contribution in [0, 0.1) is 0 Å². The summed E-state index contributed by atoms with van der Waals surface area (Å²) in [6.07, 6.45) is 4.44. The van der Waals surface area contributed by atoms with E-state index in [0.29, 0.717) is 12.0 Å². The van der Waals surface area contributed by atoms with Gasteiger partial charge in [-0.15, -0.1) is 0 Å². The van der Waals surface area contributed by atoms with Crippen molar-refractivity contribution in [2.24, 2.45) is 0 Å². The summed E-state index contributed by atoms with van der Waals surface area (Å²) in [7, 11) is 3.00. The fourth-order valence-electron chi connectivity index (χ4n) is 2.61. The molecule has 23 heavy (non-hydrogen) atoms. The Morgan fingerprint density at radius 3 is 2.35 bits per heavy atom. The Hall–Kier alpha value is -1.79. The lowest BCUT2D eigenvalue weighted by atomic mass is 9.97. The zero-order valence-corrected chi connectivity index (χ0v) is 14.0. The van der Waals surface area contributed by atoms with Crippen molar-refractivity contribution in [3.63, 3.8) is 0 Å². The number of benzene rings is 1. The summed E-state index contributed by atoms with van der Waals surface area (Å²) in [6.45, 7) is 2.15. The second-order valence-corrected chi connectivity index (χ2v) is 5.35. The molecule has 0 saturated carbocycles. The molecule has 0 amide bonds. The van der Waals surface area contributed by atoms with Crippen molar-refractivity contribution >= 4 is 6.16 Å². The van der Waals surface area contributed by atoms with Crippen molar-refractivity contribution in [2.45, 2.75) is 51.2 Å². The number of hydrogen-bond acceptors (Lipinski definition) is 5. The molecule has 0 spiro atoms. The number of unbranched alkanes of at least 4 members (excludes halogenated alkanes) is 4. The van der Waals surface area contributed by atoms with E-state index >= 15 is 0 Å². The van der Waals surface area contributed by atoms with Crippen LogP contribution in [0.5, 0.6) is 11.5 Å². The van der Waals surface area contributed by atoms with Crippen LogP contribution >= 0.6 is 0 Å². The van der Waals surface area contributed by atoms with Crippen LogP contribution in [0.3, 0.4) is 0 Å². The smallest absolute Gasteiger partial charge is 0.504 e. The van der Waals surface area contributed by atoms with Gasteiger partial charge in [-0.1, -0.05) is 38.7 Å². The zero-order valence-electron chi connectivity index (χ0n) is 14.0. The predicted molar refractivity (Wildman–Crippen MR) is 85.8 cm³/mol. The predicted octanol–water partition coefficient (Wildman–Crippen LogP) is 4.26. The van der Waals surface area contributed by atoms with E-state index in [2.05, 4.69) is 11.7 Å². The van der Waals surface area contributed by atoms with Gasteiger partial charge in [0.2, 0.25) is 0 Å². The van der Waals surface area contributed by atoms with Crippen molar-refractivity contribution in [2.75, 3.05) is 14.2 Å². The van der Waals surface area contributed by atoms with Crippen LogP contribution in [-0.2, 0) is 15.3 Å². The molecule has 0 aliphatic heterocycles. The molecule has 6 nitrogen and oxygen atoms in total. The highest BCUT2D eigenvalue weighted by Crippen LogP contribution is 2.41. The summed E-state index contributed by atoms with van der Waals surface area (Å²) in [4.78, 5) is 10.7. The van der Waals surface area contributed by atoms with Crippen LogP contribution in [0.25, 0.3) is 0 Å². The number of phenolic OH excluding ortho intramolecular Hbond substituents is 1. The van der Waals surface area contributed by atoms with Crippen LogP contribution < -0.4 is 4.74 Å². The highest BCUT2D eigenvalue weighted by Gasteiger charge is 2.35.